The Kier molecular flexibility index (Phi) is 12.8. The van der Waals surface area contributed by atoms with Crippen molar-refractivity contribution in [3.8, 4) is 39.6 Å². The molecule has 0 fully saturated rings. The Morgan fingerprint density at radius 2 is 1.21 bits per heavy atom. The second kappa shape index (κ2) is 18.5. The van der Waals surface area contributed by atoms with Gasteiger partial charge in [0.05, 0.1) is 28.3 Å². The fourth-order valence-electron chi connectivity index (χ4n) is 8.98. The van der Waals surface area contributed by atoms with Gasteiger partial charge in [0.25, 0.3) is 0 Å². The minimum Gasteiger partial charge on any atom is -0.497 e. The molecule has 0 saturated heterocycles. The number of hydrogen-bond acceptors (Lipinski definition) is 8. The Labute approximate surface area is 429 Å². The zero-order valence-corrected chi connectivity index (χ0v) is 45.3. The van der Waals surface area contributed by atoms with Gasteiger partial charge in [-0.1, -0.05) is 131 Å². The van der Waals surface area contributed by atoms with E-state index in [9.17, 15) is 0 Å². The first-order valence-electron chi connectivity index (χ1n) is 24.3. The molecule has 0 aliphatic heterocycles. The normalized spacial score (nSPS) is 12.4. The van der Waals surface area contributed by atoms with Crippen LogP contribution in [0.4, 0.5) is 0 Å². The predicted octanol–water partition coefficient (Wildman–Crippen LogP) is 16.4. The van der Waals surface area contributed by atoms with Gasteiger partial charge in [0.15, 0.2) is 16.7 Å². The molecule has 0 atom stereocenters. The molecule has 71 heavy (non-hydrogen) atoms. The summed E-state index contributed by atoms with van der Waals surface area (Å²) < 4.78 is 22.1. The summed E-state index contributed by atoms with van der Waals surface area (Å²) in [7, 11) is 0. The largest absolute Gasteiger partial charge is 0.497 e. The SMILES string of the molecule is CC(C)(C)c1ccnc(-c2[c-]cccc2)n1.CC(C)c1cc(-c2ccccc2)cc(C(C)C)c1-n1c(-c2[c-]ccc3c2oc2c3ccc3nc(C(C)(C)C)oc32)nc2ccc3oc(C(C)(C)C)nc3c21.[Ir]. The molecule has 1 radical (unpaired) electrons. The van der Waals surface area contributed by atoms with Crippen molar-refractivity contribution in [2.75, 3.05) is 0 Å². The molecule has 0 N–H and O–H groups in total. The molecule has 9 nitrogen and oxygen atoms in total. The molecule has 0 aliphatic rings. The van der Waals surface area contributed by atoms with Crippen LogP contribution in [0.25, 0.3) is 94.8 Å². The summed E-state index contributed by atoms with van der Waals surface area (Å²) >= 11 is 0. The molecule has 6 aromatic carbocycles. The van der Waals surface area contributed by atoms with E-state index in [0.29, 0.717) is 28.5 Å². The summed E-state index contributed by atoms with van der Waals surface area (Å²) in [6, 6.07) is 43.9. The van der Waals surface area contributed by atoms with Crippen molar-refractivity contribution < 1.29 is 33.4 Å². The van der Waals surface area contributed by atoms with Gasteiger partial charge in [0.1, 0.15) is 11.0 Å². The predicted molar refractivity (Wildman–Crippen MR) is 284 cm³/mol. The number of nitrogens with zero attached hydrogens (tertiary/aromatic N) is 6. The molecule has 11 aromatic rings. The smallest absolute Gasteiger partial charge is 0.201 e. The van der Waals surface area contributed by atoms with Crippen LogP contribution < -0.4 is 0 Å². The summed E-state index contributed by atoms with van der Waals surface area (Å²) in [5.74, 6) is 3.21. The minimum absolute atomic E-state index is 0. The van der Waals surface area contributed by atoms with Crippen molar-refractivity contribution in [2.45, 2.75) is 118 Å². The summed E-state index contributed by atoms with van der Waals surface area (Å²) in [6.07, 6.45) is 1.81. The van der Waals surface area contributed by atoms with Crippen LogP contribution in [0.15, 0.2) is 129 Å². The fraction of sp³-hybridized carbons (Fsp3) is 0.295. The fourth-order valence-corrected chi connectivity index (χ4v) is 8.98. The molecule has 11 rings (SSSR count). The summed E-state index contributed by atoms with van der Waals surface area (Å²) in [6.45, 7) is 28.2. The van der Waals surface area contributed by atoms with Crippen LogP contribution in [-0.2, 0) is 36.4 Å². The molecule has 0 unspecified atom stereocenters. The van der Waals surface area contributed by atoms with Gasteiger partial charge in [-0.05, 0) is 76.6 Å². The second-order valence-electron chi connectivity index (χ2n) is 22.0. The van der Waals surface area contributed by atoms with E-state index in [0.717, 1.165) is 72.6 Å². The van der Waals surface area contributed by atoms with Crippen molar-refractivity contribution in [1.29, 1.82) is 0 Å². The number of fused-ring (bicyclic) bond motifs is 8. The molecule has 0 aliphatic carbocycles. The zero-order valence-electron chi connectivity index (χ0n) is 42.9. The van der Waals surface area contributed by atoms with Crippen molar-refractivity contribution in [2.24, 2.45) is 0 Å². The molecule has 10 heteroatoms. The van der Waals surface area contributed by atoms with Gasteiger partial charge in [0.2, 0.25) is 11.8 Å². The molecule has 0 amide bonds. The maximum atomic E-state index is 6.88. The first kappa shape index (κ1) is 49.2. The third kappa shape index (κ3) is 9.13. The van der Waals surface area contributed by atoms with E-state index in [1.165, 1.54) is 22.3 Å². The molecule has 5 heterocycles. The number of rotatable bonds is 6. The monoisotopic (exact) mass is 1120 g/mol. The number of furan rings is 1. The number of hydrogen-bond donors (Lipinski definition) is 0. The molecule has 0 saturated carbocycles. The molecule has 5 aromatic heterocycles. The van der Waals surface area contributed by atoms with E-state index in [-0.39, 0.29) is 48.2 Å². The van der Waals surface area contributed by atoms with E-state index in [2.05, 4.69) is 171 Å². The average molecular weight is 1120 g/mol. The van der Waals surface area contributed by atoms with Gasteiger partial charge in [0, 0.05) is 59.3 Å². The first-order valence-corrected chi connectivity index (χ1v) is 24.3. The number of imidazole rings is 1. The van der Waals surface area contributed by atoms with Gasteiger partial charge in [-0.3, -0.25) is 15.0 Å². The van der Waals surface area contributed by atoms with Crippen molar-refractivity contribution in [1.82, 2.24) is 29.5 Å². The summed E-state index contributed by atoms with van der Waals surface area (Å²) in [5.41, 5.74) is 14.2. The third-order valence-corrected chi connectivity index (χ3v) is 12.8. The summed E-state index contributed by atoms with van der Waals surface area (Å²) in [5, 5.41) is 1.92. The minimum atomic E-state index is -0.283. The van der Waals surface area contributed by atoms with Gasteiger partial charge in [-0.15, -0.1) is 54.1 Å². The second-order valence-corrected chi connectivity index (χ2v) is 22.0. The van der Waals surface area contributed by atoms with Gasteiger partial charge < -0.3 is 17.8 Å². The van der Waals surface area contributed by atoms with E-state index in [1.807, 2.05) is 60.8 Å². The average Bonchev–Trinajstić information content (AvgIpc) is 4.14. The topological polar surface area (TPSA) is 109 Å². The van der Waals surface area contributed by atoms with Crippen LogP contribution in [0.1, 0.15) is 130 Å². The quantitative estimate of drug-likeness (QED) is 0.152. The van der Waals surface area contributed by atoms with Crippen LogP contribution in [0.5, 0.6) is 0 Å². The van der Waals surface area contributed by atoms with E-state index in [4.69, 9.17) is 28.2 Å². The molecule has 0 spiro atoms. The molecular formula is C61H60IrN6O3-2. The Bertz CT molecular complexity index is 3700. The van der Waals surface area contributed by atoms with Crippen LogP contribution in [0.3, 0.4) is 0 Å². The van der Waals surface area contributed by atoms with Gasteiger partial charge in [-0.25, -0.2) is 9.97 Å². The number of aromatic nitrogens is 6. The van der Waals surface area contributed by atoms with Gasteiger partial charge >= 0.3 is 0 Å². The molecule has 363 valence electrons. The molecular weight excluding hydrogens is 1060 g/mol. The number of oxazole rings is 2. The van der Waals surface area contributed by atoms with Crippen LogP contribution >= 0.6 is 0 Å². The van der Waals surface area contributed by atoms with Gasteiger partial charge in [-0.2, -0.15) is 0 Å². The molecule has 0 bridgehead atoms. The maximum Gasteiger partial charge on any atom is 0.201 e. The third-order valence-electron chi connectivity index (χ3n) is 12.8. The van der Waals surface area contributed by atoms with E-state index in [1.54, 1.807) is 0 Å². The Balaban J connectivity index is 0.000000313. The number of benzene rings is 6. The van der Waals surface area contributed by atoms with Crippen LogP contribution in [0.2, 0.25) is 0 Å². The summed E-state index contributed by atoms with van der Waals surface area (Å²) in [4.78, 5) is 24.3. The van der Waals surface area contributed by atoms with Crippen LogP contribution in [0, 0.1) is 12.1 Å². The maximum absolute atomic E-state index is 6.88. The first-order chi connectivity index (χ1) is 33.3. The Morgan fingerprint density at radius 3 is 1.86 bits per heavy atom. The zero-order chi connectivity index (χ0) is 49.4. The standard InChI is InChI=1S/C47H45N4O3.C14H15N2.Ir/c1-25(2)32-23-28(27-15-12-11-13-16-27)24-33(26(3)4)38(32)51-39-34(21-22-36-37(39)50-45(52-36)47(8,9)10)48-43(51)31-18-14-17-29-30-19-20-35-42(41(30)53-40(29)31)54-44(49-35)46(5,6)7;1-14(2,3)12-9-10-15-13(16-12)11-7-5-4-6-8-11;/h11-17,19-26H,1-10H3;4-7,9-10H,1-3H3;/q2*-1;. The van der Waals surface area contributed by atoms with Crippen molar-refractivity contribution in [3.63, 3.8) is 0 Å². The van der Waals surface area contributed by atoms with E-state index >= 15 is 0 Å². The van der Waals surface area contributed by atoms with E-state index < -0.39 is 0 Å². The Hall–Kier alpha value is -6.74. The van der Waals surface area contributed by atoms with Crippen molar-refractivity contribution in [3.05, 3.63) is 156 Å². The van der Waals surface area contributed by atoms with Crippen molar-refractivity contribution >= 4 is 55.2 Å². The van der Waals surface area contributed by atoms with Crippen LogP contribution in [-0.4, -0.2) is 29.5 Å². The Morgan fingerprint density at radius 1 is 0.549 bits per heavy atom.